The SMILES string of the molecule is CCC(F)=C(F)c1ccc(-c2ccc(-c3ccc(-c4cc(F)c(-c5cc(F)c(F)c(F)c5)c(F)c4)c(F)c3)cc2)cc1. The average molecular weight is 581 g/mol. The van der Waals surface area contributed by atoms with E-state index < -0.39 is 57.7 Å². The van der Waals surface area contributed by atoms with Crippen molar-refractivity contribution >= 4 is 5.83 Å². The van der Waals surface area contributed by atoms with Crippen molar-refractivity contribution in [2.75, 3.05) is 0 Å². The maximum atomic E-state index is 15.1. The fraction of sp³-hybridized carbons (Fsp3) is 0.0588. The molecule has 0 atom stereocenters. The largest absolute Gasteiger partial charge is 0.209 e. The van der Waals surface area contributed by atoms with E-state index in [4.69, 9.17) is 0 Å². The van der Waals surface area contributed by atoms with Crippen LogP contribution < -0.4 is 0 Å². The summed E-state index contributed by atoms with van der Waals surface area (Å²) < 4.78 is 113. The Kier molecular flexibility index (Phi) is 7.98. The molecule has 5 aromatic carbocycles. The van der Waals surface area contributed by atoms with Gasteiger partial charge < -0.3 is 0 Å². The molecule has 0 spiro atoms. The third kappa shape index (κ3) is 5.57. The van der Waals surface area contributed by atoms with Crippen LogP contribution >= 0.6 is 0 Å². The lowest BCUT2D eigenvalue weighted by Gasteiger charge is -2.11. The number of hydrogen-bond acceptors (Lipinski definition) is 0. The Morgan fingerprint density at radius 2 is 0.905 bits per heavy atom. The molecule has 0 saturated carbocycles. The van der Waals surface area contributed by atoms with Gasteiger partial charge >= 0.3 is 0 Å². The van der Waals surface area contributed by atoms with Crippen molar-refractivity contribution in [3.8, 4) is 44.5 Å². The van der Waals surface area contributed by atoms with Gasteiger partial charge in [0, 0.05) is 11.1 Å². The highest BCUT2D eigenvalue weighted by Crippen LogP contribution is 2.35. The minimum atomic E-state index is -1.77. The molecular formula is C34H20F8. The van der Waals surface area contributed by atoms with Crippen molar-refractivity contribution in [1.29, 1.82) is 0 Å². The number of halogens is 8. The zero-order valence-electron chi connectivity index (χ0n) is 21.9. The Morgan fingerprint density at radius 1 is 0.476 bits per heavy atom. The van der Waals surface area contributed by atoms with Gasteiger partial charge in [0.25, 0.3) is 0 Å². The molecule has 0 fully saturated rings. The second-order valence-corrected chi connectivity index (χ2v) is 9.49. The summed E-state index contributed by atoms with van der Waals surface area (Å²) in [7, 11) is 0. The van der Waals surface area contributed by atoms with Crippen molar-refractivity contribution in [3.63, 3.8) is 0 Å². The maximum absolute atomic E-state index is 15.1. The molecular weight excluding hydrogens is 560 g/mol. The highest BCUT2D eigenvalue weighted by molar-refractivity contribution is 5.76. The lowest BCUT2D eigenvalue weighted by Crippen LogP contribution is -1.97. The summed E-state index contributed by atoms with van der Waals surface area (Å²) in [5.74, 6) is -9.89. The van der Waals surface area contributed by atoms with E-state index in [0.29, 0.717) is 23.3 Å². The van der Waals surface area contributed by atoms with Gasteiger partial charge in [0.1, 0.15) is 23.3 Å². The molecule has 5 aromatic rings. The maximum Gasteiger partial charge on any atom is 0.194 e. The van der Waals surface area contributed by atoms with Gasteiger partial charge in [-0.05, 0) is 70.1 Å². The van der Waals surface area contributed by atoms with E-state index >= 15 is 4.39 Å². The summed E-state index contributed by atoms with van der Waals surface area (Å²) >= 11 is 0. The van der Waals surface area contributed by atoms with Gasteiger partial charge in [-0.2, -0.15) is 0 Å². The first-order valence-electron chi connectivity index (χ1n) is 12.8. The topological polar surface area (TPSA) is 0 Å². The second-order valence-electron chi connectivity index (χ2n) is 9.49. The summed E-state index contributed by atoms with van der Waals surface area (Å²) in [6, 6.07) is 20.0. The van der Waals surface area contributed by atoms with E-state index in [-0.39, 0.29) is 23.1 Å². The van der Waals surface area contributed by atoms with Crippen molar-refractivity contribution < 1.29 is 35.1 Å². The standard InChI is InChI=1S/C34H20F8/c1-2-26(35)33(41)21-9-7-19(8-10-21)18-3-5-20(6-4-18)22-11-12-25(27(36)13-22)23-14-28(37)32(29(38)15-23)24-16-30(39)34(42)31(40)17-24/h3-17H,2H2,1H3. The van der Waals surface area contributed by atoms with Crippen LogP contribution in [-0.2, 0) is 0 Å². The first-order chi connectivity index (χ1) is 20.1. The normalized spacial score (nSPS) is 11.9. The first-order valence-corrected chi connectivity index (χ1v) is 12.8. The van der Waals surface area contributed by atoms with Crippen LogP contribution in [0.1, 0.15) is 18.9 Å². The van der Waals surface area contributed by atoms with Gasteiger partial charge in [-0.15, -0.1) is 0 Å². The smallest absolute Gasteiger partial charge is 0.194 e. The highest BCUT2D eigenvalue weighted by Gasteiger charge is 2.20. The van der Waals surface area contributed by atoms with Gasteiger partial charge in [-0.1, -0.05) is 67.6 Å². The monoisotopic (exact) mass is 580 g/mol. The molecule has 42 heavy (non-hydrogen) atoms. The molecule has 8 heteroatoms. The van der Waals surface area contributed by atoms with E-state index in [1.54, 1.807) is 42.5 Å². The van der Waals surface area contributed by atoms with E-state index in [2.05, 4.69) is 0 Å². The third-order valence-electron chi connectivity index (χ3n) is 6.83. The van der Waals surface area contributed by atoms with Crippen LogP contribution in [0.15, 0.2) is 96.8 Å². The first kappa shape index (κ1) is 28.8. The van der Waals surface area contributed by atoms with Crippen molar-refractivity contribution in [3.05, 3.63) is 137 Å². The zero-order chi connectivity index (χ0) is 30.1. The van der Waals surface area contributed by atoms with Crippen LogP contribution in [0.3, 0.4) is 0 Å². The lowest BCUT2D eigenvalue weighted by molar-refractivity contribution is 0.447. The molecule has 5 rings (SSSR count). The second kappa shape index (κ2) is 11.6. The molecule has 0 amide bonds. The summed E-state index contributed by atoms with van der Waals surface area (Å²) in [6.07, 6.45) is -0.0428. The van der Waals surface area contributed by atoms with Crippen LogP contribution in [0.2, 0.25) is 0 Å². The molecule has 0 unspecified atom stereocenters. The quantitative estimate of drug-likeness (QED) is 0.138. The fourth-order valence-corrected chi connectivity index (χ4v) is 4.61. The number of allylic oxidation sites excluding steroid dienone is 1. The predicted octanol–water partition coefficient (Wildman–Crippen LogP) is 11.2. The van der Waals surface area contributed by atoms with E-state index in [0.717, 1.165) is 23.3 Å². The minimum absolute atomic E-state index is 0.0428. The average Bonchev–Trinajstić information content (AvgIpc) is 2.98. The Balaban J connectivity index is 1.40. The molecule has 0 heterocycles. The van der Waals surface area contributed by atoms with Crippen molar-refractivity contribution in [1.82, 2.24) is 0 Å². The summed E-state index contributed by atoms with van der Waals surface area (Å²) in [5.41, 5.74) is 1.23. The van der Waals surface area contributed by atoms with Gasteiger partial charge in [0.05, 0.1) is 5.56 Å². The Labute approximate surface area is 236 Å². The molecule has 0 N–H and O–H groups in total. The van der Waals surface area contributed by atoms with Crippen LogP contribution in [-0.4, -0.2) is 0 Å². The van der Waals surface area contributed by atoms with E-state index in [1.165, 1.54) is 31.2 Å². The Hall–Kier alpha value is -4.72. The van der Waals surface area contributed by atoms with Gasteiger partial charge in [-0.25, -0.2) is 35.1 Å². The predicted molar refractivity (Wildman–Crippen MR) is 147 cm³/mol. The third-order valence-corrected chi connectivity index (χ3v) is 6.83. The van der Waals surface area contributed by atoms with Crippen molar-refractivity contribution in [2.24, 2.45) is 0 Å². The van der Waals surface area contributed by atoms with Crippen LogP contribution in [0.5, 0.6) is 0 Å². The molecule has 212 valence electrons. The van der Waals surface area contributed by atoms with Gasteiger partial charge in [0.2, 0.25) is 0 Å². The number of hydrogen-bond donors (Lipinski definition) is 0. The molecule has 0 aromatic heterocycles. The molecule has 0 bridgehead atoms. The Morgan fingerprint density at radius 3 is 1.40 bits per heavy atom. The lowest BCUT2D eigenvalue weighted by atomic mass is 9.95. The zero-order valence-corrected chi connectivity index (χ0v) is 21.9. The molecule has 0 radical (unpaired) electrons. The molecule has 0 saturated heterocycles. The van der Waals surface area contributed by atoms with E-state index in [1.807, 2.05) is 0 Å². The molecule has 0 aliphatic rings. The van der Waals surface area contributed by atoms with Gasteiger partial charge in [0.15, 0.2) is 23.3 Å². The summed E-state index contributed by atoms with van der Waals surface area (Å²) in [5, 5.41) is 0. The molecule has 0 aliphatic heterocycles. The van der Waals surface area contributed by atoms with Crippen LogP contribution in [0.25, 0.3) is 50.3 Å². The van der Waals surface area contributed by atoms with Crippen molar-refractivity contribution in [2.45, 2.75) is 13.3 Å². The molecule has 0 nitrogen and oxygen atoms in total. The number of rotatable bonds is 6. The highest BCUT2D eigenvalue weighted by atomic mass is 19.2. The van der Waals surface area contributed by atoms with E-state index in [9.17, 15) is 30.7 Å². The van der Waals surface area contributed by atoms with Crippen LogP contribution in [0.4, 0.5) is 35.1 Å². The molecule has 0 aliphatic carbocycles. The van der Waals surface area contributed by atoms with Crippen LogP contribution in [0, 0.1) is 34.9 Å². The fourth-order valence-electron chi connectivity index (χ4n) is 4.61. The van der Waals surface area contributed by atoms with Gasteiger partial charge in [-0.3, -0.25) is 0 Å². The Bertz CT molecular complexity index is 1770. The minimum Gasteiger partial charge on any atom is -0.209 e. The summed E-state index contributed by atoms with van der Waals surface area (Å²) in [6.45, 7) is 1.52. The number of benzene rings is 5. The summed E-state index contributed by atoms with van der Waals surface area (Å²) in [4.78, 5) is 0.